The minimum absolute atomic E-state index is 0.107. The van der Waals surface area contributed by atoms with Gasteiger partial charge in [-0.05, 0) is 90.4 Å². The van der Waals surface area contributed by atoms with E-state index in [0.717, 1.165) is 0 Å². The molecule has 20 heteroatoms. The standard InChI is InChI=1S/C32H46O12P4S4/c1-9-37-45(33,38-10-2)23-17-19-49-29(23)31-25(47(35,41-13-5)42-14-6)21-27(51-31)28-22-26(48(36,43-15-7)44-16-8)32(52-28)30-24(18-20-50-30)46(34,39-11-3)40-12-4/h17-22H,9-16H2,1-8H3. The highest BCUT2D eigenvalue weighted by atomic mass is 32.1. The third-order valence-corrected chi connectivity index (χ3v) is 20.8. The number of hydrogen-bond donors (Lipinski definition) is 0. The molecule has 4 aromatic heterocycles. The van der Waals surface area contributed by atoms with Gasteiger partial charge in [0.2, 0.25) is 0 Å². The summed E-state index contributed by atoms with van der Waals surface area (Å²) in [6.07, 6.45) is 0. The summed E-state index contributed by atoms with van der Waals surface area (Å²) in [5.74, 6) is 0. The molecule has 0 N–H and O–H groups in total. The first-order valence-corrected chi connectivity index (χ1v) is 26.5. The van der Waals surface area contributed by atoms with Crippen LogP contribution in [0.25, 0.3) is 29.3 Å². The Kier molecular flexibility index (Phi) is 16.6. The number of thiophene rings is 4. The Hall–Kier alpha value is -0.600. The second-order valence-corrected chi connectivity index (χ2v) is 22.2. The van der Waals surface area contributed by atoms with Gasteiger partial charge in [-0.25, -0.2) is 0 Å². The fourth-order valence-electron chi connectivity index (χ4n) is 5.18. The molecule has 52 heavy (non-hydrogen) atoms. The summed E-state index contributed by atoms with van der Waals surface area (Å²) in [5.41, 5.74) is 0. The summed E-state index contributed by atoms with van der Waals surface area (Å²) < 4.78 is 104. The summed E-state index contributed by atoms with van der Waals surface area (Å²) in [6.45, 7) is 14.9. The third-order valence-electron chi connectivity index (χ3n) is 6.94. The van der Waals surface area contributed by atoms with Crippen LogP contribution in [-0.2, 0) is 54.5 Å². The molecule has 0 aliphatic rings. The van der Waals surface area contributed by atoms with E-state index in [1.165, 1.54) is 45.3 Å². The monoisotopic (exact) mass is 874 g/mol. The first-order valence-electron chi connectivity index (χ1n) is 16.9. The minimum atomic E-state index is -3.93. The van der Waals surface area contributed by atoms with Crippen LogP contribution in [0.4, 0.5) is 0 Å². The van der Waals surface area contributed by atoms with Crippen molar-refractivity contribution >= 4 is 96.9 Å². The summed E-state index contributed by atoms with van der Waals surface area (Å²) >= 11 is 5.17. The molecule has 0 radical (unpaired) electrons. The van der Waals surface area contributed by atoms with Crippen molar-refractivity contribution in [2.24, 2.45) is 0 Å². The van der Waals surface area contributed by atoms with Gasteiger partial charge in [0.1, 0.15) is 0 Å². The quantitative estimate of drug-likeness (QED) is 0.0655. The summed E-state index contributed by atoms with van der Waals surface area (Å²) in [6, 6.07) is 6.84. The molecule has 4 heterocycles. The van der Waals surface area contributed by atoms with Crippen molar-refractivity contribution in [2.45, 2.75) is 55.4 Å². The normalized spacial score (nSPS) is 13.0. The lowest BCUT2D eigenvalue weighted by molar-refractivity contribution is 0.229. The molecule has 0 aliphatic carbocycles. The molecule has 0 amide bonds. The van der Waals surface area contributed by atoms with Crippen molar-refractivity contribution in [2.75, 3.05) is 52.9 Å². The van der Waals surface area contributed by atoms with Crippen LogP contribution < -0.4 is 21.2 Å². The van der Waals surface area contributed by atoms with Gasteiger partial charge < -0.3 is 36.2 Å². The van der Waals surface area contributed by atoms with Crippen LogP contribution >= 0.6 is 75.7 Å². The maximum Gasteiger partial charge on any atom is 0.362 e. The SMILES string of the molecule is CCOP(=O)(OCC)c1ccsc1-c1sc(-c2cc(P(=O)(OCC)OCC)c(-c3sccc3P(=O)(OCC)OCC)s2)cc1P(=O)(OCC)OCC. The van der Waals surface area contributed by atoms with E-state index in [-0.39, 0.29) is 63.5 Å². The molecule has 4 aromatic rings. The van der Waals surface area contributed by atoms with Crippen LogP contribution in [0.3, 0.4) is 0 Å². The van der Waals surface area contributed by atoms with Crippen LogP contribution in [0.5, 0.6) is 0 Å². The predicted octanol–water partition coefficient (Wildman–Crippen LogP) is 10.5. The smallest absolute Gasteiger partial charge is 0.305 e. The molecule has 4 rings (SSSR count). The maximum absolute atomic E-state index is 14.6. The highest BCUT2D eigenvalue weighted by molar-refractivity contribution is 7.65. The van der Waals surface area contributed by atoms with E-state index in [9.17, 15) is 18.3 Å². The number of rotatable bonds is 23. The lowest BCUT2D eigenvalue weighted by Crippen LogP contribution is -2.15. The van der Waals surface area contributed by atoms with Gasteiger partial charge in [0.05, 0.1) is 93.6 Å². The first kappa shape index (κ1) is 44.1. The summed E-state index contributed by atoms with van der Waals surface area (Å²) in [5, 5.41) is 4.79. The lowest BCUT2D eigenvalue weighted by Gasteiger charge is -2.19. The van der Waals surface area contributed by atoms with Gasteiger partial charge in [0.15, 0.2) is 0 Å². The molecule has 0 aliphatic heterocycles. The van der Waals surface area contributed by atoms with Gasteiger partial charge >= 0.3 is 30.4 Å². The van der Waals surface area contributed by atoms with Crippen LogP contribution in [0, 0.1) is 0 Å². The highest BCUT2D eigenvalue weighted by Gasteiger charge is 2.40. The second-order valence-electron chi connectivity index (χ2n) is 10.3. The van der Waals surface area contributed by atoms with Gasteiger partial charge in [-0.2, -0.15) is 0 Å². The molecule has 12 nitrogen and oxygen atoms in total. The lowest BCUT2D eigenvalue weighted by atomic mass is 10.3. The summed E-state index contributed by atoms with van der Waals surface area (Å²) in [7, 11) is -15.4. The first-order chi connectivity index (χ1) is 24.9. The van der Waals surface area contributed by atoms with E-state index in [0.29, 0.717) is 39.9 Å². The molecule has 0 aromatic carbocycles. The van der Waals surface area contributed by atoms with Crippen LogP contribution in [0.1, 0.15) is 55.4 Å². The molecule has 0 fully saturated rings. The summed E-state index contributed by atoms with van der Waals surface area (Å²) in [4.78, 5) is 3.34. The zero-order valence-corrected chi connectivity index (χ0v) is 37.3. The van der Waals surface area contributed by atoms with Crippen molar-refractivity contribution in [1.82, 2.24) is 0 Å². The average molecular weight is 875 g/mol. The van der Waals surface area contributed by atoms with Crippen LogP contribution in [0.2, 0.25) is 0 Å². The van der Waals surface area contributed by atoms with E-state index >= 15 is 0 Å². The Bertz CT molecular complexity index is 1790. The van der Waals surface area contributed by atoms with E-state index in [1.54, 1.807) is 90.4 Å². The van der Waals surface area contributed by atoms with Crippen molar-refractivity contribution in [3.63, 3.8) is 0 Å². The van der Waals surface area contributed by atoms with Gasteiger partial charge in [-0.3, -0.25) is 18.3 Å². The molecule has 0 bridgehead atoms. The second kappa shape index (κ2) is 19.5. The van der Waals surface area contributed by atoms with E-state index in [1.807, 2.05) is 0 Å². The highest BCUT2D eigenvalue weighted by Crippen LogP contribution is 2.59. The molecular formula is C32H46O12P4S4. The Morgan fingerprint density at radius 2 is 0.654 bits per heavy atom. The molecule has 0 saturated heterocycles. The Morgan fingerprint density at radius 3 is 0.904 bits per heavy atom. The predicted molar refractivity (Wildman–Crippen MR) is 216 cm³/mol. The van der Waals surface area contributed by atoms with Crippen molar-refractivity contribution in [3.8, 4) is 29.3 Å². The van der Waals surface area contributed by atoms with E-state index in [2.05, 4.69) is 0 Å². The Labute approximate surface area is 322 Å². The molecule has 0 unspecified atom stereocenters. The molecule has 0 spiro atoms. The minimum Gasteiger partial charge on any atom is -0.305 e. The maximum atomic E-state index is 14.6. The van der Waals surface area contributed by atoms with Crippen molar-refractivity contribution in [1.29, 1.82) is 0 Å². The van der Waals surface area contributed by atoms with Gasteiger partial charge in [-0.15, -0.1) is 45.3 Å². The molecule has 0 atom stereocenters. The number of hydrogen-bond acceptors (Lipinski definition) is 16. The fourth-order valence-corrected chi connectivity index (χ4v) is 18.6. The largest absolute Gasteiger partial charge is 0.362 e. The topological polar surface area (TPSA) is 142 Å². The molecular weight excluding hydrogens is 829 g/mol. The van der Waals surface area contributed by atoms with Crippen molar-refractivity contribution < 1.29 is 54.5 Å². The fraction of sp³-hybridized carbons (Fsp3) is 0.500. The van der Waals surface area contributed by atoms with Gasteiger partial charge in [0, 0.05) is 9.75 Å². The zero-order chi connectivity index (χ0) is 38.2. The third kappa shape index (κ3) is 9.32. The van der Waals surface area contributed by atoms with Crippen LogP contribution in [0.15, 0.2) is 35.0 Å². The van der Waals surface area contributed by atoms with Crippen molar-refractivity contribution in [3.05, 3.63) is 35.0 Å². The van der Waals surface area contributed by atoms with E-state index < -0.39 is 30.4 Å². The molecule has 0 saturated carbocycles. The van der Waals surface area contributed by atoms with Gasteiger partial charge in [-0.1, -0.05) is 0 Å². The zero-order valence-electron chi connectivity index (χ0n) is 30.4. The Balaban J connectivity index is 2.07. The molecule has 290 valence electrons. The van der Waals surface area contributed by atoms with Crippen LogP contribution in [-0.4, -0.2) is 52.9 Å². The van der Waals surface area contributed by atoms with E-state index in [4.69, 9.17) is 36.2 Å². The average Bonchev–Trinajstić information content (AvgIpc) is 3.91. The Morgan fingerprint density at radius 1 is 0.404 bits per heavy atom. The van der Waals surface area contributed by atoms with Gasteiger partial charge in [0.25, 0.3) is 0 Å².